The quantitative estimate of drug-likeness (QED) is 0.596. The summed E-state index contributed by atoms with van der Waals surface area (Å²) >= 11 is 0. The van der Waals surface area contributed by atoms with Gasteiger partial charge in [-0.2, -0.15) is 0 Å². The fourth-order valence-electron chi connectivity index (χ4n) is 0.204. The Bertz CT molecular complexity index is 19.2. The SMILES string of the molecule is CCOCC.Cl.[V]. The first kappa shape index (κ1) is 15.7. The summed E-state index contributed by atoms with van der Waals surface area (Å²) in [7, 11) is 0. The van der Waals surface area contributed by atoms with Crippen LogP contribution in [-0.4, -0.2) is 13.2 Å². The van der Waals surface area contributed by atoms with Crippen LogP contribution in [0.1, 0.15) is 13.8 Å². The fourth-order valence-corrected chi connectivity index (χ4v) is 0.204. The second-order valence-electron chi connectivity index (χ2n) is 0.781. The maximum atomic E-state index is 4.83. The van der Waals surface area contributed by atoms with E-state index in [2.05, 4.69) is 0 Å². The van der Waals surface area contributed by atoms with Crippen molar-refractivity contribution in [2.45, 2.75) is 13.8 Å². The van der Waals surface area contributed by atoms with Crippen molar-refractivity contribution in [2.75, 3.05) is 13.2 Å². The van der Waals surface area contributed by atoms with Crippen LogP contribution in [0.2, 0.25) is 0 Å². The third kappa shape index (κ3) is 19.9. The average molecular weight is 162 g/mol. The Morgan fingerprint density at radius 2 is 1.43 bits per heavy atom. The minimum atomic E-state index is 0. The largest absolute Gasteiger partial charge is 0.382 e. The summed E-state index contributed by atoms with van der Waals surface area (Å²) in [4.78, 5) is 0. The van der Waals surface area contributed by atoms with Gasteiger partial charge in [0, 0.05) is 31.8 Å². The van der Waals surface area contributed by atoms with E-state index >= 15 is 0 Å². The van der Waals surface area contributed by atoms with Crippen molar-refractivity contribution in [1.29, 1.82) is 0 Å². The molecule has 45 valence electrons. The molecular formula is C4H11ClOV. The van der Waals surface area contributed by atoms with Gasteiger partial charge < -0.3 is 4.74 Å². The summed E-state index contributed by atoms with van der Waals surface area (Å²) < 4.78 is 4.83. The number of hydrogen-bond donors (Lipinski definition) is 0. The molecule has 0 atom stereocenters. The molecule has 0 saturated heterocycles. The van der Waals surface area contributed by atoms with E-state index in [0.717, 1.165) is 13.2 Å². The van der Waals surface area contributed by atoms with E-state index in [9.17, 15) is 0 Å². The van der Waals surface area contributed by atoms with Gasteiger partial charge in [-0.05, 0) is 13.8 Å². The Morgan fingerprint density at radius 3 is 1.43 bits per heavy atom. The molecule has 0 spiro atoms. The van der Waals surface area contributed by atoms with Gasteiger partial charge in [-0.1, -0.05) is 0 Å². The molecule has 0 amide bonds. The number of rotatable bonds is 2. The van der Waals surface area contributed by atoms with Crippen LogP contribution in [0.5, 0.6) is 0 Å². The van der Waals surface area contributed by atoms with Crippen LogP contribution in [0, 0.1) is 0 Å². The third-order valence-corrected chi connectivity index (χ3v) is 0.408. The van der Waals surface area contributed by atoms with Gasteiger partial charge in [0.2, 0.25) is 0 Å². The van der Waals surface area contributed by atoms with Crippen molar-refractivity contribution in [3.63, 3.8) is 0 Å². The molecule has 1 nitrogen and oxygen atoms in total. The van der Waals surface area contributed by atoms with Gasteiger partial charge in [-0.3, -0.25) is 0 Å². The third-order valence-electron chi connectivity index (χ3n) is 0.408. The summed E-state index contributed by atoms with van der Waals surface area (Å²) in [6.45, 7) is 5.67. The molecule has 0 rings (SSSR count). The molecule has 0 fully saturated rings. The second kappa shape index (κ2) is 15.8. The molecule has 0 aliphatic carbocycles. The van der Waals surface area contributed by atoms with Gasteiger partial charge in [0.1, 0.15) is 0 Å². The van der Waals surface area contributed by atoms with E-state index in [0.29, 0.717) is 0 Å². The van der Waals surface area contributed by atoms with E-state index in [-0.39, 0.29) is 31.0 Å². The molecule has 3 heteroatoms. The molecule has 0 aromatic carbocycles. The van der Waals surface area contributed by atoms with Crippen LogP contribution < -0.4 is 0 Å². The molecule has 0 aromatic rings. The molecule has 0 saturated carbocycles. The molecule has 0 unspecified atom stereocenters. The van der Waals surface area contributed by atoms with Crippen LogP contribution in [0.25, 0.3) is 0 Å². The van der Waals surface area contributed by atoms with E-state index in [1.807, 2.05) is 13.8 Å². The fraction of sp³-hybridized carbons (Fsp3) is 1.00. The average Bonchev–Trinajstić information content (AvgIpc) is 1.41. The molecule has 1 radical (unpaired) electrons. The predicted molar refractivity (Wildman–Crippen MR) is 29.4 cm³/mol. The first-order valence-corrected chi connectivity index (χ1v) is 1.99. The standard InChI is InChI=1S/C4H10O.ClH.V/c1-3-5-4-2;;/h3-4H2,1-2H3;1H;. The maximum Gasteiger partial charge on any atom is 0.0437 e. The van der Waals surface area contributed by atoms with Crippen molar-refractivity contribution in [3.05, 3.63) is 0 Å². The molecule has 0 aliphatic rings. The molecule has 0 aliphatic heterocycles. The maximum absolute atomic E-state index is 4.83. The summed E-state index contributed by atoms with van der Waals surface area (Å²) in [5.74, 6) is 0. The Hall–Kier alpha value is 0.834. The summed E-state index contributed by atoms with van der Waals surface area (Å²) in [5, 5.41) is 0. The van der Waals surface area contributed by atoms with Gasteiger partial charge >= 0.3 is 0 Å². The van der Waals surface area contributed by atoms with Gasteiger partial charge in [0.25, 0.3) is 0 Å². The second-order valence-corrected chi connectivity index (χ2v) is 0.781. The zero-order chi connectivity index (χ0) is 4.12. The van der Waals surface area contributed by atoms with Crippen LogP contribution in [-0.2, 0) is 23.3 Å². The van der Waals surface area contributed by atoms with Crippen LogP contribution >= 0.6 is 12.4 Å². The zero-order valence-corrected chi connectivity index (χ0v) is 6.89. The molecule has 0 N–H and O–H groups in total. The molecule has 0 aromatic heterocycles. The normalized spacial score (nSPS) is 6.00. The van der Waals surface area contributed by atoms with Gasteiger partial charge in [0.05, 0.1) is 0 Å². The smallest absolute Gasteiger partial charge is 0.0437 e. The van der Waals surface area contributed by atoms with Crippen LogP contribution in [0.15, 0.2) is 0 Å². The molecule has 0 bridgehead atoms. The van der Waals surface area contributed by atoms with Crippen molar-refractivity contribution < 1.29 is 23.3 Å². The first-order valence-electron chi connectivity index (χ1n) is 1.99. The number of ether oxygens (including phenoxy) is 1. The number of halogens is 1. The van der Waals surface area contributed by atoms with Gasteiger partial charge in [-0.15, -0.1) is 12.4 Å². The summed E-state index contributed by atoms with van der Waals surface area (Å²) in [5.41, 5.74) is 0. The Morgan fingerprint density at radius 1 is 1.14 bits per heavy atom. The van der Waals surface area contributed by atoms with Crippen LogP contribution in [0.4, 0.5) is 0 Å². The topological polar surface area (TPSA) is 9.23 Å². The minimum absolute atomic E-state index is 0. The first-order chi connectivity index (χ1) is 2.41. The van der Waals surface area contributed by atoms with E-state index < -0.39 is 0 Å². The van der Waals surface area contributed by atoms with Gasteiger partial charge in [0.15, 0.2) is 0 Å². The zero-order valence-electron chi connectivity index (χ0n) is 4.68. The minimum Gasteiger partial charge on any atom is -0.382 e. The van der Waals surface area contributed by atoms with Crippen molar-refractivity contribution in [1.82, 2.24) is 0 Å². The van der Waals surface area contributed by atoms with Gasteiger partial charge in [-0.25, -0.2) is 0 Å². The molecule has 7 heavy (non-hydrogen) atoms. The summed E-state index contributed by atoms with van der Waals surface area (Å²) in [6, 6.07) is 0. The van der Waals surface area contributed by atoms with Crippen LogP contribution in [0.3, 0.4) is 0 Å². The van der Waals surface area contributed by atoms with Crippen molar-refractivity contribution >= 4 is 12.4 Å². The Labute approximate surface area is 63.1 Å². The monoisotopic (exact) mass is 161 g/mol. The molecule has 0 heterocycles. The van der Waals surface area contributed by atoms with E-state index in [1.54, 1.807) is 0 Å². The van der Waals surface area contributed by atoms with Crippen molar-refractivity contribution in [3.8, 4) is 0 Å². The Kier molecular flexibility index (Phi) is 35.4. The van der Waals surface area contributed by atoms with E-state index in [1.165, 1.54) is 0 Å². The predicted octanol–water partition coefficient (Wildman–Crippen LogP) is 1.46. The summed E-state index contributed by atoms with van der Waals surface area (Å²) in [6.07, 6.45) is 0. The molecular weight excluding hydrogens is 150 g/mol. The van der Waals surface area contributed by atoms with E-state index in [4.69, 9.17) is 4.74 Å². The Balaban J connectivity index is -0.0000000800. The van der Waals surface area contributed by atoms with Crippen molar-refractivity contribution in [2.24, 2.45) is 0 Å². The number of hydrogen-bond acceptors (Lipinski definition) is 1.